The Bertz CT molecular complexity index is 893. The maximum Gasteiger partial charge on any atom is 0.257 e. The van der Waals surface area contributed by atoms with E-state index in [9.17, 15) is 18.8 Å². The molecule has 2 amide bonds. The molecular weight excluding hydrogens is 363 g/mol. The first kappa shape index (κ1) is 19.1. The van der Waals surface area contributed by atoms with E-state index in [1.165, 1.54) is 24.3 Å². The molecular formula is C20H19FN4O3. The Morgan fingerprint density at radius 2 is 1.68 bits per heavy atom. The fourth-order valence-corrected chi connectivity index (χ4v) is 2.69. The van der Waals surface area contributed by atoms with Gasteiger partial charge in [-0.2, -0.15) is 0 Å². The van der Waals surface area contributed by atoms with Crippen molar-refractivity contribution in [3.05, 3.63) is 71.7 Å². The van der Waals surface area contributed by atoms with E-state index in [0.717, 1.165) is 0 Å². The predicted molar refractivity (Wildman–Crippen MR) is 103 cm³/mol. The van der Waals surface area contributed by atoms with Crippen LogP contribution in [-0.2, 0) is 14.4 Å². The van der Waals surface area contributed by atoms with Gasteiger partial charge in [-0.15, -0.1) is 0 Å². The van der Waals surface area contributed by atoms with Crippen LogP contribution in [0.15, 0.2) is 65.9 Å². The summed E-state index contributed by atoms with van der Waals surface area (Å²) in [6.45, 7) is -0.0492. The number of allylic oxidation sites excluding steroid dienone is 1. The van der Waals surface area contributed by atoms with Gasteiger partial charge in [0.05, 0.1) is 12.2 Å². The highest BCUT2D eigenvalue weighted by atomic mass is 19.1. The first-order valence-electron chi connectivity index (χ1n) is 8.70. The summed E-state index contributed by atoms with van der Waals surface area (Å²) in [5.74, 6) is -1.48. The van der Waals surface area contributed by atoms with Crippen molar-refractivity contribution < 1.29 is 18.8 Å². The molecule has 2 aromatic carbocycles. The number of rotatable bonds is 7. The minimum Gasteiger partial charge on any atom is -0.358 e. The summed E-state index contributed by atoms with van der Waals surface area (Å²) in [6.07, 6.45) is 0.202. The summed E-state index contributed by atoms with van der Waals surface area (Å²) in [5.41, 5.74) is 6.86. The molecule has 144 valence electrons. The number of amides is 2. The molecule has 1 aliphatic heterocycles. The molecule has 7 nitrogen and oxygen atoms in total. The van der Waals surface area contributed by atoms with Crippen LogP contribution in [0.1, 0.15) is 12.8 Å². The van der Waals surface area contributed by atoms with E-state index in [1.807, 2.05) is 18.2 Å². The van der Waals surface area contributed by atoms with Gasteiger partial charge in [0.25, 0.3) is 5.91 Å². The summed E-state index contributed by atoms with van der Waals surface area (Å²) >= 11 is 0. The van der Waals surface area contributed by atoms with Crippen molar-refractivity contribution in [2.45, 2.75) is 12.8 Å². The number of benzene rings is 2. The lowest BCUT2D eigenvalue weighted by molar-refractivity contribution is -0.121. The Morgan fingerprint density at radius 1 is 0.964 bits per heavy atom. The zero-order valence-electron chi connectivity index (χ0n) is 14.9. The van der Waals surface area contributed by atoms with Crippen LogP contribution in [0, 0.1) is 5.82 Å². The Kier molecular flexibility index (Phi) is 6.01. The molecule has 0 spiro atoms. The van der Waals surface area contributed by atoms with E-state index >= 15 is 0 Å². The molecule has 0 aliphatic carbocycles. The first-order valence-corrected chi connectivity index (χ1v) is 8.70. The Morgan fingerprint density at radius 3 is 2.32 bits per heavy atom. The van der Waals surface area contributed by atoms with Gasteiger partial charge in [0.15, 0.2) is 5.78 Å². The van der Waals surface area contributed by atoms with Crippen molar-refractivity contribution >= 4 is 29.0 Å². The number of nitrogens with one attached hydrogen (secondary N) is 4. The quantitative estimate of drug-likeness (QED) is 0.334. The van der Waals surface area contributed by atoms with Crippen LogP contribution in [0.25, 0.3) is 0 Å². The van der Waals surface area contributed by atoms with Crippen LogP contribution in [-0.4, -0.2) is 24.1 Å². The average Bonchev–Trinajstić information content (AvgIpc) is 3.04. The fourth-order valence-electron chi connectivity index (χ4n) is 2.69. The zero-order valence-corrected chi connectivity index (χ0v) is 14.9. The third-order valence-electron chi connectivity index (χ3n) is 4.08. The molecule has 0 atom stereocenters. The lowest BCUT2D eigenvalue weighted by Gasteiger charge is -2.14. The lowest BCUT2D eigenvalue weighted by atomic mass is 10.1. The molecule has 0 unspecified atom stereocenters. The molecule has 2 aromatic rings. The highest BCUT2D eigenvalue weighted by Gasteiger charge is 2.29. The van der Waals surface area contributed by atoms with E-state index < -0.39 is 5.91 Å². The number of hydrazine groups is 1. The maximum absolute atomic E-state index is 12.9. The number of carbonyl (C=O) groups is 3. The highest BCUT2D eigenvalue weighted by Crippen LogP contribution is 2.19. The monoisotopic (exact) mass is 382 g/mol. The third kappa shape index (κ3) is 4.94. The Hall–Kier alpha value is -3.68. The van der Waals surface area contributed by atoms with Crippen molar-refractivity contribution in [1.82, 2.24) is 10.7 Å². The van der Waals surface area contributed by atoms with Gasteiger partial charge in [-0.1, -0.05) is 18.2 Å². The molecule has 0 aromatic heterocycles. The molecule has 3 rings (SSSR count). The van der Waals surface area contributed by atoms with Crippen molar-refractivity contribution in [2.75, 3.05) is 17.3 Å². The molecule has 1 fully saturated rings. The summed E-state index contributed by atoms with van der Waals surface area (Å²) in [5, 5.41) is 5.57. The molecule has 1 heterocycles. The van der Waals surface area contributed by atoms with Gasteiger partial charge in [-0.25, -0.2) is 4.39 Å². The molecule has 8 heteroatoms. The fraction of sp³-hybridized carbons (Fsp3) is 0.150. The number of carbonyl (C=O) groups excluding carboxylic acids is 3. The number of hydrogen-bond acceptors (Lipinski definition) is 5. The van der Waals surface area contributed by atoms with E-state index in [1.54, 1.807) is 12.1 Å². The summed E-state index contributed by atoms with van der Waals surface area (Å²) in [7, 11) is 0. The second-order valence-corrected chi connectivity index (χ2v) is 6.13. The number of para-hydroxylation sites is 1. The lowest BCUT2D eigenvalue weighted by Crippen LogP contribution is -2.29. The second kappa shape index (κ2) is 8.81. The number of ketones is 1. The zero-order chi connectivity index (χ0) is 19.9. The normalized spacial score (nSPS) is 15.0. The van der Waals surface area contributed by atoms with Gasteiger partial charge >= 0.3 is 0 Å². The van der Waals surface area contributed by atoms with E-state index in [4.69, 9.17) is 0 Å². The largest absolute Gasteiger partial charge is 0.358 e. The summed E-state index contributed by atoms with van der Waals surface area (Å²) < 4.78 is 12.9. The maximum atomic E-state index is 12.9. The highest BCUT2D eigenvalue weighted by molar-refractivity contribution is 6.25. The average molecular weight is 382 g/mol. The third-order valence-corrected chi connectivity index (χ3v) is 4.08. The van der Waals surface area contributed by atoms with Crippen LogP contribution >= 0.6 is 0 Å². The smallest absolute Gasteiger partial charge is 0.257 e. The number of anilines is 2. The minimum absolute atomic E-state index is 0.0351. The van der Waals surface area contributed by atoms with Gasteiger partial charge in [0, 0.05) is 17.8 Å². The topological polar surface area (TPSA) is 99.3 Å². The van der Waals surface area contributed by atoms with E-state index in [0.29, 0.717) is 17.1 Å². The predicted octanol–water partition coefficient (Wildman–Crippen LogP) is 2.11. The van der Waals surface area contributed by atoms with Gasteiger partial charge < -0.3 is 10.6 Å². The van der Waals surface area contributed by atoms with Gasteiger partial charge in [0.1, 0.15) is 11.4 Å². The SMILES string of the molecule is O=C(CCC(Nc1ccccc1)=C1C(=O)CNC1=O)NNc1ccc(F)cc1. The van der Waals surface area contributed by atoms with Crippen molar-refractivity contribution in [2.24, 2.45) is 0 Å². The standard InChI is InChI=1S/C20H19FN4O3/c21-13-6-8-15(9-7-13)24-25-18(27)11-10-16(19-17(26)12-22-20(19)28)23-14-4-2-1-3-5-14/h1-9,23-24H,10-12H2,(H,22,28)(H,25,27). The molecule has 0 radical (unpaired) electrons. The molecule has 0 saturated carbocycles. The molecule has 4 N–H and O–H groups in total. The first-order chi connectivity index (χ1) is 13.5. The van der Waals surface area contributed by atoms with Crippen LogP contribution in [0.4, 0.5) is 15.8 Å². The van der Waals surface area contributed by atoms with E-state index in [-0.39, 0.29) is 42.5 Å². The Labute approximate surface area is 161 Å². The van der Waals surface area contributed by atoms with Gasteiger partial charge in [-0.3, -0.25) is 25.2 Å². The molecule has 0 bridgehead atoms. The van der Waals surface area contributed by atoms with Gasteiger partial charge in [0.2, 0.25) is 5.91 Å². The second-order valence-electron chi connectivity index (χ2n) is 6.13. The Balaban J connectivity index is 1.65. The number of hydrogen-bond donors (Lipinski definition) is 4. The van der Waals surface area contributed by atoms with Crippen molar-refractivity contribution in [3.63, 3.8) is 0 Å². The van der Waals surface area contributed by atoms with Crippen molar-refractivity contribution in [1.29, 1.82) is 0 Å². The van der Waals surface area contributed by atoms with Crippen LogP contribution in [0.3, 0.4) is 0 Å². The molecule has 1 aliphatic rings. The minimum atomic E-state index is -0.451. The molecule has 28 heavy (non-hydrogen) atoms. The number of Topliss-reactive ketones (excluding diaryl/α,β-unsaturated/α-hetero) is 1. The summed E-state index contributed by atoms with van der Waals surface area (Å²) in [6, 6.07) is 14.6. The van der Waals surface area contributed by atoms with Crippen LogP contribution in [0.2, 0.25) is 0 Å². The number of halogens is 1. The van der Waals surface area contributed by atoms with Crippen LogP contribution < -0.4 is 21.5 Å². The van der Waals surface area contributed by atoms with Crippen LogP contribution in [0.5, 0.6) is 0 Å². The van der Waals surface area contributed by atoms with Gasteiger partial charge in [-0.05, 0) is 42.8 Å². The van der Waals surface area contributed by atoms with Crippen molar-refractivity contribution in [3.8, 4) is 0 Å². The summed E-state index contributed by atoms with van der Waals surface area (Å²) in [4.78, 5) is 36.2. The van der Waals surface area contributed by atoms with E-state index in [2.05, 4.69) is 21.5 Å². The molecule has 1 saturated heterocycles.